The molecule has 0 atom stereocenters. The number of aryl methyl sites for hydroxylation is 2. The molecule has 7 nitrogen and oxygen atoms in total. The summed E-state index contributed by atoms with van der Waals surface area (Å²) >= 11 is 1.41. The van der Waals surface area contributed by atoms with Crippen molar-refractivity contribution in [2.24, 2.45) is 0 Å². The fraction of sp³-hybridized carbons (Fsp3) is 0.182. The van der Waals surface area contributed by atoms with Crippen LogP contribution in [0.15, 0.2) is 47.8 Å². The fourth-order valence-corrected chi connectivity index (χ4v) is 4.12. The molecule has 2 amide bonds. The van der Waals surface area contributed by atoms with Gasteiger partial charge in [0, 0.05) is 29.6 Å². The number of hydrogen-bond donors (Lipinski definition) is 2. The van der Waals surface area contributed by atoms with Crippen LogP contribution in [0.5, 0.6) is 0 Å². The van der Waals surface area contributed by atoms with Gasteiger partial charge in [0.1, 0.15) is 5.82 Å². The minimum absolute atomic E-state index is 0.264. The third kappa shape index (κ3) is 4.77. The van der Waals surface area contributed by atoms with Crippen molar-refractivity contribution in [3.63, 3.8) is 0 Å². The normalized spacial score (nSPS) is 10.9. The lowest BCUT2D eigenvalue weighted by atomic mass is 10.1. The maximum atomic E-state index is 13.5. The molecule has 0 fully saturated rings. The Morgan fingerprint density at radius 1 is 1.10 bits per heavy atom. The molecule has 0 aliphatic carbocycles. The summed E-state index contributed by atoms with van der Waals surface area (Å²) < 4.78 is 15.1. The van der Waals surface area contributed by atoms with Crippen molar-refractivity contribution in [1.29, 1.82) is 0 Å². The standard InChI is InChI=1S/C22H20FN5O2S/c1-13-8-14(2)10-17(9-13)25-21(30)20(29)24-7-6-18-12-31-22-26-19(27-28(18)22)15-4-3-5-16(23)11-15/h3-5,8-12H,6-7H2,1-2H3,(H,24,29)(H,25,30). The maximum absolute atomic E-state index is 13.5. The summed E-state index contributed by atoms with van der Waals surface area (Å²) in [5.74, 6) is -1.33. The molecule has 0 radical (unpaired) electrons. The molecule has 4 rings (SSSR count). The number of nitrogens with zero attached hydrogens (tertiary/aromatic N) is 3. The quantitative estimate of drug-likeness (QED) is 0.468. The Bertz CT molecular complexity index is 1260. The van der Waals surface area contributed by atoms with Crippen LogP contribution >= 0.6 is 11.3 Å². The molecule has 0 aliphatic rings. The van der Waals surface area contributed by atoms with Gasteiger partial charge in [-0.15, -0.1) is 16.4 Å². The van der Waals surface area contributed by atoms with Crippen molar-refractivity contribution in [2.75, 3.05) is 11.9 Å². The first kappa shape index (κ1) is 20.7. The zero-order valence-electron chi connectivity index (χ0n) is 17.0. The Hall–Kier alpha value is -3.59. The first-order chi connectivity index (χ1) is 14.9. The van der Waals surface area contributed by atoms with Crippen LogP contribution in [0.1, 0.15) is 16.8 Å². The van der Waals surface area contributed by atoms with Gasteiger partial charge in [-0.05, 0) is 49.2 Å². The van der Waals surface area contributed by atoms with E-state index in [4.69, 9.17) is 0 Å². The van der Waals surface area contributed by atoms with E-state index in [-0.39, 0.29) is 12.4 Å². The van der Waals surface area contributed by atoms with E-state index in [1.807, 2.05) is 25.3 Å². The van der Waals surface area contributed by atoms with E-state index < -0.39 is 11.8 Å². The lowest BCUT2D eigenvalue weighted by molar-refractivity contribution is -0.136. The van der Waals surface area contributed by atoms with Crippen LogP contribution in [-0.2, 0) is 16.0 Å². The third-order valence-electron chi connectivity index (χ3n) is 4.59. The number of carbonyl (C=O) groups is 2. The summed E-state index contributed by atoms with van der Waals surface area (Å²) in [6.45, 7) is 4.11. The molecular formula is C22H20FN5O2S. The number of halogens is 1. The molecule has 2 heterocycles. The number of fused-ring (bicyclic) bond motifs is 1. The van der Waals surface area contributed by atoms with Gasteiger partial charge in [0.25, 0.3) is 0 Å². The molecule has 0 aliphatic heterocycles. The van der Waals surface area contributed by atoms with Crippen LogP contribution in [0.3, 0.4) is 0 Å². The zero-order valence-corrected chi connectivity index (χ0v) is 17.8. The monoisotopic (exact) mass is 437 g/mol. The fourth-order valence-electron chi connectivity index (χ4n) is 3.27. The van der Waals surface area contributed by atoms with Crippen molar-refractivity contribution in [1.82, 2.24) is 19.9 Å². The first-order valence-corrected chi connectivity index (χ1v) is 10.5. The van der Waals surface area contributed by atoms with Gasteiger partial charge in [0.2, 0.25) is 4.96 Å². The summed E-state index contributed by atoms with van der Waals surface area (Å²) in [6, 6.07) is 11.7. The highest BCUT2D eigenvalue weighted by molar-refractivity contribution is 7.15. The Morgan fingerprint density at radius 3 is 2.61 bits per heavy atom. The summed E-state index contributed by atoms with van der Waals surface area (Å²) in [4.78, 5) is 29.4. The number of rotatable bonds is 5. The van der Waals surface area contributed by atoms with Crippen LogP contribution < -0.4 is 10.6 Å². The Morgan fingerprint density at radius 2 is 1.87 bits per heavy atom. The lowest BCUT2D eigenvalue weighted by Gasteiger charge is -2.08. The predicted octanol–water partition coefficient (Wildman–Crippen LogP) is 3.51. The molecular weight excluding hydrogens is 417 g/mol. The minimum Gasteiger partial charge on any atom is -0.347 e. The second kappa shape index (κ2) is 8.65. The van der Waals surface area contributed by atoms with Crippen LogP contribution in [0.25, 0.3) is 16.3 Å². The number of benzene rings is 2. The largest absolute Gasteiger partial charge is 0.347 e. The Kier molecular flexibility index (Phi) is 5.77. The average Bonchev–Trinajstić information content (AvgIpc) is 3.29. The summed E-state index contributed by atoms with van der Waals surface area (Å²) in [5, 5.41) is 11.6. The van der Waals surface area contributed by atoms with Crippen molar-refractivity contribution in [3.05, 3.63) is 70.5 Å². The highest BCUT2D eigenvalue weighted by Gasteiger charge is 2.15. The molecule has 0 bridgehead atoms. The van der Waals surface area contributed by atoms with Gasteiger partial charge in [0.05, 0.1) is 5.69 Å². The zero-order chi connectivity index (χ0) is 22.0. The molecule has 2 N–H and O–H groups in total. The third-order valence-corrected chi connectivity index (χ3v) is 5.45. The Labute approximate surface area is 181 Å². The van der Waals surface area contributed by atoms with Crippen molar-refractivity contribution in [2.45, 2.75) is 20.3 Å². The number of anilines is 1. The van der Waals surface area contributed by atoms with Crippen LogP contribution in [0, 0.1) is 19.7 Å². The van der Waals surface area contributed by atoms with Gasteiger partial charge < -0.3 is 10.6 Å². The van der Waals surface area contributed by atoms with Gasteiger partial charge in [-0.1, -0.05) is 18.2 Å². The topological polar surface area (TPSA) is 88.4 Å². The van der Waals surface area contributed by atoms with Gasteiger partial charge >= 0.3 is 11.8 Å². The van der Waals surface area contributed by atoms with Crippen molar-refractivity contribution < 1.29 is 14.0 Å². The molecule has 4 aromatic rings. The van der Waals surface area contributed by atoms with Gasteiger partial charge in [-0.2, -0.15) is 4.98 Å². The number of amides is 2. The SMILES string of the molecule is Cc1cc(C)cc(NC(=O)C(=O)NCCc2csc3nc(-c4cccc(F)c4)nn23)c1. The predicted molar refractivity (Wildman–Crippen MR) is 118 cm³/mol. The van der Waals surface area contributed by atoms with E-state index >= 15 is 0 Å². The Balaban J connectivity index is 1.37. The van der Waals surface area contributed by atoms with Crippen molar-refractivity contribution >= 4 is 33.8 Å². The molecule has 0 unspecified atom stereocenters. The van der Waals surface area contributed by atoms with E-state index in [1.165, 1.54) is 23.5 Å². The number of thiazole rings is 1. The first-order valence-electron chi connectivity index (χ1n) is 9.65. The molecule has 158 valence electrons. The average molecular weight is 438 g/mol. The van der Waals surface area contributed by atoms with E-state index in [9.17, 15) is 14.0 Å². The van der Waals surface area contributed by atoms with E-state index in [0.717, 1.165) is 16.8 Å². The number of aromatic nitrogens is 3. The summed E-state index contributed by atoms with van der Waals surface area (Å²) in [6.07, 6.45) is 0.467. The van der Waals surface area contributed by atoms with Gasteiger partial charge in [-0.25, -0.2) is 8.91 Å². The smallest absolute Gasteiger partial charge is 0.313 e. The molecule has 9 heteroatoms. The molecule has 2 aromatic carbocycles. The van der Waals surface area contributed by atoms with E-state index in [2.05, 4.69) is 20.7 Å². The van der Waals surface area contributed by atoms with Crippen LogP contribution in [-0.4, -0.2) is 33.0 Å². The number of hydrogen-bond acceptors (Lipinski definition) is 5. The van der Waals surface area contributed by atoms with Crippen molar-refractivity contribution in [3.8, 4) is 11.4 Å². The molecule has 0 saturated carbocycles. The van der Waals surface area contributed by atoms with Crippen LogP contribution in [0.4, 0.5) is 10.1 Å². The van der Waals surface area contributed by atoms with E-state index in [0.29, 0.717) is 28.5 Å². The summed E-state index contributed by atoms with van der Waals surface area (Å²) in [5.41, 5.74) is 4.03. The minimum atomic E-state index is -0.713. The van der Waals surface area contributed by atoms with Gasteiger partial charge in [-0.3, -0.25) is 9.59 Å². The molecule has 0 spiro atoms. The number of nitrogens with one attached hydrogen (secondary N) is 2. The molecule has 2 aromatic heterocycles. The molecule has 0 saturated heterocycles. The summed E-state index contributed by atoms with van der Waals surface area (Å²) in [7, 11) is 0. The second-order valence-corrected chi connectivity index (χ2v) is 8.04. The second-order valence-electron chi connectivity index (χ2n) is 7.20. The lowest BCUT2D eigenvalue weighted by Crippen LogP contribution is -2.36. The van der Waals surface area contributed by atoms with E-state index in [1.54, 1.807) is 28.8 Å². The highest BCUT2D eigenvalue weighted by Crippen LogP contribution is 2.21. The molecule has 31 heavy (non-hydrogen) atoms. The highest BCUT2D eigenvalue weighted by atomic mass is 32.1. The number of carbonyl (C=O) groups excluding carboxylic acids is 2. The van der Waals surface area contributed by atoms with Gasteiger partial charge in [0.15, 0.2) is 5.82 Å². The van der Waals surface area contributed by atoms with Crippen LogP contribution in [0.2, 0.25) is 0 Å². The maximum Gasteiger partial charge on any atom is 0.313 e.